The first kappa shape index (κ1) is 25.0. The summed E-state index contributed by atoms with van der Waals surface area (Å²) in [7, 11) is 0. The van der Waals surface area contributed by atoms with Crippen LogP contribution in [-0.2, 0) is 9.53 Å². The van der Waals surface area contributed by atoms with Crippen LogP contribution in [0.2, 0.25) is 0 Å². The van der Waals surface area contributed by atoms with Crippen LogP contribution in [0.15, 0.2) is 30.5 Å². The molecule has 5 unspecified atom stereocenters. The van der Waals surface area contributed by atoms with Crippen molar-refractivity contribution < 1.29 is 41.7 Å². The Hall–Kier alpha value is -2.63. The van der Waals surface area contributed by atoms with Gasteiger partial charge < -0.3 is 20.3 Å². The molecule has 0 spiro atoms. The molecule has 1 fully saturated rings. The Morgan fingerprint density at radius 1 is 1.27 bits per heavy atom. The van der Waals surface area contributed by atoms with Crippen LogP contribution in [0.25, 0.3) is 0 Å². The third-order valence-electron chi connectivity index (χ3n) is 6.24. The van der Waals surface area contributed by atoms with Crippen molar-refractivity contribution in [2.45, 2.75) is 50.7 Å². The average Bonchev–Trinajstić information content (AvgIpc) is 3.04. The Balaban J connectivity index is 1.98. The number of nitrogens with zero attached hydrogens (tertiary/aromatic N) is 1. The predicted octanol–water partition coefficient (Wildman–Crippen LogP) is 3.77. The molecule has 33 heavy (non-hydrogen) atoms. The van der Waals surface area contributed by atoms with Crippen molar-refractivity contribution in [1.29, 1.82) is 0 Å². The maximum atomic E-state index is 14.2. The van der Waals surface area contributed by atoms with Crippen LogP contribution in [0, 0.1) is 24.5 Å². The fourth-order valence-electron chi connectivity index (χ4n) is 4.03. The third-order valence-corrected chi connectivity index (χ3v) is 6.24. The molecule has 1 aliphatic rings. The van der Waals surface area contributed by atoms with E-state index in [1.807, 2.05) is 0 Å². The van der Waals surface area contributed by atoms with Crippen molar-refractivity contribution in [2.24, 2.45) is 5.92 Å². The highest BCUT2D eigenvalue weighted by Gasteiger charge is 2.65. The van der Waals surface area contributed by atoms with E-state index in [-0.39, 0.29) is 22.5 Å². The number of nitrogens with one attached hydrogen (secondary N) is 1. The van der Waals surface area contributed by atoms with Crippen molar-refractivity contribution in [2.75, 3.05) is 11.9 Å². The molecule has 2 aromatic rings. The minimum absolute atomic E-state index is 0.0362. The van der Waals surface area contributed by atoms with Gasteiger partial charge in [-0.25, -0.2) is 8.78 Å². The molecule has 3 N–H and O–H groups in total. The van der Waals surface area contributed by atoms with E-state index < -0.39 is 60.0 Å². The summed E-state index contributed by atoms with van der Waals surface area (Å²) >= 11 is 0. The molecule has 180 valence electrons. The number of carbonyl (C=O) groups excluding carboxylic acids is 1. The smallest absolute Gasteiger partial charge is 0.393 e. The van der Waals surface area contributed by atoms with Gasteiger partial charge in [-0.15, -0.1) is 0 Å². The molecule has 1 aromatic heterocycles. The van der Waals surface area contributed by atoms with Crippen molar-refractivity contribution in [3.8, 4) is 0 Å². The number of anilines is 1. The zero-order valence-corrected chi connectivity index (χ0v) is 18.0. The Morgan fingerprint density at radius 3 is 2.48 bits per heavy atom. The average molecular weight is 474 g/mol. The van der Waals surface area contributed by atoms with Gasteiger partial charge in [0, 0.05) is 11.8 Å². The first-order valence-corrected chi connectivity index (χ1v) is 10.1. The lowest BCUT2D eigenvalue weighted by atomic mass is 9.76. The number of rotatable bonds is 5. The number of aliphatic hydroxyl groups is 2. The second-order valence-electron chi connectivity index (χ2n) is 8.19. The third kappa shape index (κ3) is 4.44. The molecular formula is C22H23F5N2O4. The SMILES string of the molecule is Cc1c(C2C(C(=O)Nc3ccc(C(O)CO)nc3)OC(C)(C(F)(F)F)C2C)ccc(F)c1F. The van der Waals surface area contributed by atoms with Gasteiger partial charge >= 0.3 is 6.18 Å². The highest BCUT2D eigenvalue weighted by atomic mass is 19.4. The Morgan fingerprint density at radius 2 is 1.94 bits per heavy atom. The number of pyridine rings is 1. The number of carbonyl (C=O) groups is 1. The van der Waals surface area contributed by atoms with E-state index in [9.17, 15) is 31.9 Å². The van der Waals surface area contributed by atoms with Gasteiger partial charge in [0.05, 0.1) is 24.2 Å². The molecule has 3 rings (SSSR count). The van der Waals surface area contributed by atoms with Gasteiger partial charge in [0.2, 0.25) is 0 Å². The van der Waals surface area contributed by atoms with E-state index in [1.54, 1.807) is 0 Å². The zero-order chi connectivity index (χ0) is 24.7. The van der Waals surface area contributed by atoms with Crippen LogP contribution < -0.4 is 5.32 Å². The second-order valence-corrected chi connectivity index (χ2v) is 8.19. The fourth-order valence-corrected chi connectivity index (χ4v) is 4.03. The summed E-state index contributed by atoms with van der Waals surface area (Å²) in [6, 6.07) is 4.63. The predicted molar refractivity (Wildman–Crippen MR) is 107 cm³/mol. The molecule has 0 radical (unpaired) electrons. The number of amides is 1. The number of halogens is 5. The minimum Gasteiger partial charge on any atom is -0.393 e. The molecular weight excluding hydrogens is 451 g/mol. The molecule has 1 saturated heterocycles. The van der Waals surface area contributed by atoms with Crippen molar-refractivity contribution in [3.63, 3.8) is 0 Å². The molecule has 1 amide bonds. The van der Waals surface area contributed by atoms with Gasteiger partial charge in [0.25, 0.3) is 5.91 Å². The number of ether oxygens (including phenoxy) is 1. The Bertz CT molecular complexity index is 1030. The summed E-state index contributed by atoms with van der Waals surface area (Å²) in [4.78, 5) is 16.9. The lowest BCUT2D eigenvalue weighted by Crippen LogP contribution is -2.47. The highest BCUT2D eigenvalue weighted by Crippen LogP contribution is 2.54. The Labute approximate surface area is 186 Å². The lowest BCUT2D eigenvalue weighted by molar-refractivity contribution is -0.272. The van der Waals surface area contributed by atoms with Gasteiger partial charge in [0.15, 0.2) is 17.2 Å². The second kappa shape index (κ2) is 8.96. The number of aromatic nitrogens is 1. The molecule has 5 atom stereocenters. The number of benzene rings is 1. The van der Waals surface area contributed by atoms with Crippen molar-refractivity contribution >= 4 is 11.6 Å². The van der Waals surface area contributed by atoms with E-state index >= 15 is 0 Å². The normalized spacial score (nSPS) is 26.3. The summed E-state index contributed by atoms with van der Waals surface area (Å²) in [5.74, 6) is -5.83. The van der Waals surface area contributed by atoms with E-state index in [1.165, 1.54) is 26.0 Å². The van der Waals surface area contributed by atoms with Crippen LogP contribution in [0.5, 0.6) is 0 Å². The van der Waals surface area contributed by atoms with E-state index in [4.69, 9.17) is 9.84 Å². The molecule has 0 saturated carbocycles. The van der Waals surface area contributed by atoms with Crippen LogP contribution in [0.1, 0.15) is 42.7 Å². The molecule has 1 aliphatic heterocycles. The van der Waals surface area contributed by atoms with Crippen molar-refractivity contribution in [1.82, 2.24) is 4.98 Å². The van der Waals surface area contributed by atoms with E-state index in [2.05, 4.69) is 10.3 Å². The maximum absolute atomic E-state index is 14.2. The lowest BCUT2D eigenvalue weighted by Gasteiger charge is -2.32. The number of alkyl halides is 3. The van der Waals surface area contributed by atoms with Crippen LogP contribution >= 0.6 is 0 Å². The number of hydrogen-bond donors (Lipinski definition) is 3. The molecule has 6 nitrogen and oxygen atoms in total. The minimum atomic E-state index is -4.84. The van der Waals surface area contributed by atoms with Gasteiger partial charge in [-0.3, -0.25) is 9.78 Å². The maximum Gasteiger partial charge on any atom is 0.417 e. The molecule has 0 aliphatic carbocycles. The quantitative estimate of drug-likeness (QED) is 0.574. The molecule has 1 aromatic carbocycles. The van der Waals surface area contributed by atoms with Gasteiger partial charge in [-0.05, 0) is 43.2 Å². The largest absolute Gasteiger partial charge is 0.417 e. The van der Waals surface area contributed by atoms with E-state index in [0.29, 0.717) is 0 Å². The first-order valence-electron chi connectivity index (χ1n) is 10.1. The monoisotopic (exact) mass is 474 g/mol. The van der Waals surface area contributed by atoms with Crippen LogP contribution in [-0.4, -0.2) is 45.6 Å². The summed E-state index contributed by atoms with van der Waals surface area (Å²) in [6.45, 7) is 2.73. The van der Waals surface area contributed by atoms with Gasteiger partial charge in [-0.1, -0.05) is 13.0 Å². The van der Waals surface area contributed by atoms with Crippen molar-refractivity contribution in [3.05, 3.63) is 58.9 Å². The van der Waals surface area contributed by atoms with Crippen LogP contribution in [0.3, 0.4) is 0 Å². The van der Waals surface area contributed by atoms with E-state index in [0.717, 1.165) is 25.3 Å². The molecule has 0 bridgehead atoms. The van der Waals surface area contributed by atoms with Crippen LogP contribution in [0.4, 0.5) is 27.6 Å². The zero-order valence-electron chi connectivity index (χ0n) is 18.0. The summed E-state index contributed by atoms with van der Waals surface area (Å²) in [6.07, 6.45) is -6.58. The Kier molecular flexibility index (Phi) is 6.79. The molecule has 11 heteroatoms. The van der Waals surface area contributed by atoms with Gasteiger partial charge in [0.1, 0.15) is 12.2 Å². The fraction of sp³-hybridized carbons (Fsp3) is 0.455. The topological polar surface area (TPSA) is 91.7 Å². The highest BCUT2D eigenvalue weighted by molar-refractivity contribution is 5.95. The first-order chi connectivity index (χ1) is 15.3. The van der Waals surface area contributed by atoms with Gasteiger partial charge in [-0.2, -0.15) is 13.2 Å². The standard InChI is InChI=1S/C22H23F5N2O4/c1-10-13(5-6-14(23)18(10)24)17-11(2)21(3,22(25,26)27)33-19(17)20(32)29-12-4-7-15(28-8-12)16(31)9-30/h4-8,11,16-17,19,30-31H,9H2,1-3H3,(H,29,32). The number of hydrogen-bond acceptors (Lipinski definition) is 5. The number of aliphatic hydroxyl groups excluding tert-OH is 2. The summed E-state index contributed by atoms with van der Waals surface area (Å²) in [5, 5.41) is 21.0. The summed E-state index contributed by atoms with van der Waals surface area (Å²) in [5.41, 5.74) is -2.66. The molecule has 2 heterocycles. The summed E-state index contributed by atoms with van der Waals surface area (Å²) < 4.78 is 74.8.